The topological polar surface area (TPSA) is 69.6 Å². The Labute approximate surface area is 137 Å². The summed E-state index contributed by atoms with van der Waals surface area (Å²) in [6.07, 6.45) is 2.49. The number of hydrogen-bond acceptors (Lipinski definition) is 3. The van der Waals surface area contributed by atoms with Crippen LogP contribution >= 0.6 is 0 Å². The van der Waals surface area contributed by atoms with Crippen LogP contribution in [-0.4, -0.2) is 37.1 Å². The number of benzene rings is 1. The number of aliphatic hydroxyl groups excluding tert-OH is 1. The van der Waals surface area contributed by atoms with Gasteiger partial charge in [0.05, 0.1) is 11.3 Å². The Morgan fingerprint density at radius 2 is 1.96 bits per heavy atom. The van der Waals surface area contributed by atoms with E-state index in [9.17, 15) is 9.59 Å². The molecule has 1 saturated carbocycles. The zero-order valence-corrected chi connectivity index (χ0v) is 14.1. The van der Waals surface area contributed by atoms with Crippen molar-refractivity contribution in [2.75, 3.05) is 25.1 Å². The second kappa shape index (κ2) is 7.13. The third-order valence-corrected chi connectivity index (χ3v) is 4.28. The third-order valence-electron chi connectivity index (χ3n) is 4.28. The molecule has 0 aromatic heterocycles. The summed E-state index contributed by atoms with van der Waals surface area (Å²) < 4.78 is 0. The lowest BCUT2D eigenvalue weighted by molar-refractivity contribution is -0.119. The molecule has 0 aliphatic heterocycles. The van der Waals surface area contributed by atoms with Crippen molar-refractivity contribution in [3.63, 3.8) is 0 Å². The summed E-state index contributed by atoms with van der Waals surface area (Å²) >= 11 is 0. The van der Waals surface area contributed by atoms with Crippen molar-refractivity contribution in [2.24, 2.45) is 11.3 Å². The van der Waals surface area contributed by atoms with Crippen molar-refractivity contribution in [1.82, 2.24) is 5.32 Å². The largest absolute Gasteiger partial charge is 0.396 e. The number of nitrogens with one attached hydrogen (secondary N) is 1. The molecule has 0 saturated heterocycles. The molecule has 0 spiro atoms. The monoisotopic (exact) mass is 318 g/mol. The fraction of sp³-hybridized carbons (Fsp3) is 0.556. The molecule has 2 N–H and O–H groups in total. The van der Waals surface area contributed by atoms with Crippen LogP contribution in [0.15, 0.2) is 24.3 Å². The number of rotatable bonds is 7. The fourth-order valence-corrected chi connectivity index (χ4v) is 2.49. The van der Waals surface area contributed by atoms with Gasteiger partial charge in [0.25, 0.3) is 5.91 Å². The normalized spacial score (nSPS) is 14.4. The lowest BCUT2D eigenvalue weighted by atomic mass is 9.89. The van der Waals surface area contributed by atoms with Crippen LogP contribution in [0.4, 0.5) is 5.69 Å². The number of aliphatic hydroxyl groups is 1. The highest BCUT2D eigenvalue weighted by atomic mass is 16.3. The zero-order chi connectivity index (χ0) is 17.0. The summed E-state index contributed by atoms with van der Waals surface area (Å²) in [6.45, 7) is 4.56. The maximum atomic E-state index is 12.5. The van der Waals surface area contributed by atoms with Gasteiger partial charge in [-0.1, -0.05) is 26.0 Å². The molecule has 0 atom stereocenters. The molecule has 23 heavy (non-hydrogen) atoms. The van der Waals surface area contributed by atoms with Crippen LogP contribution in [0.5, 0.6) is 0 Å². The van der Waals surface area contributed by atoms with E-state index in [0.29, 0.717) is 24.2 Å². The van der Waals surface area contributed by atoms with Gasteiger partial charge in [-0.05, 0) is 36.8 Å². The SMILES string of the molecule is CN(C(=O)C1CC1)c1ccccc1C(=O)NCC(C)(C)CCO. The molecule has 126 valence electrons. The molecule has 0 unspecified atom stereocenters. The number of para-hydroxylation sites is 1. The predicted molar refractivity (Wildman–Crippen MR) is 90.4 cm³/mol. The summed E-state index contributed by atoms with van der Waals surface area (Å²) in [6, 6.07) is 7.17. The average Bonchev–Trinajstić information content (AvgIpc) is 3.36. The maximum Gasteiger partial charge on any atom is 0.253 e. The summed E-state index contributed by atoms with van der Waals surface area (Å²) in [5, 5.41) is 12.0. The first kappa shape index (κ1) is 17.5. The number of nitrogens with zero attached hydrogens (tertiary/aromatic N) is 1. The molecule has 5 nitrogen and oxygen atoms in total. The minimum atomic E-state index is -0.193. The molecule has 0 bridgehead atoms. The van der Waals surface area contributed by atoms with E-state index in [0.717, 1.165) is 12.8 Å². The van der Waals surface area contributed by atoms with E-state index in [-0.39, 0.29) is 29.8 Å². The van der Waals surface area contributed by atoms with Gasteiger partial charge in [0.1, 0.15) is 0 Å². The number of carbonyl (C=O) groups is 2. The van der Waals surface area contributed by atoms with Gasteiger partial charge < -0.3 is 15.3 Å². The van der Waals surface area contributed by atoms with E-state index in [1.54, 1.807) is 30.1 Å². The van der Waals surface area contributed by atoms with Crippen molar-refractivity contribution in [2.45, 2.75) is 33.1 Å². The second-order valence-electron chi connectivity index (χ2n) is 7.01. The smallest absolute Gasteiger partial charge is 0.253 e. The predicted octanol–water partition coefficient (Wildman–Crippen LogP) is 2.20. The van der Waals surface area contributed by atoms with E-state index in [4.69, 9.17) is 5.11 Å². The number of hydrogen-bond donors (Lipinski definition) is 2. The molecule has 0 radical (unpaired) electrons. The van der Waals surface area contributed by atoms with Crippen molar-refractivity contribution >= 4 is 17.5 Å². The van der Waals surface area contributed by atoms with Crippen LogP contribution in [0.3, 0.4) is 0 Å². The Morgan fingerprint density at radius 3 is 2.57 bits per heavy atom. The first-order chi connectivity index (χ1) is 10.9. The summed E-state index contributed by atoms with van der Waals surface area (Å²) in [4.78, 5) is 26.4. The van der Waals surface area contributed by atoms with E-state index in [1.807, 2.05) is 19.9 Å². The van der Waals surface area contributed by atoms with Crippen molar-refractivity contribution < 1.29 is 14.7 Å². The van der Waals surface area contributed by atoms with Gasteiger partial charge >= 0.3 is 0 Å². The van der Waals surface area contributed by atoms with E-state index in [2.05, 4.69) is 5.32 Å². The van der Waals surface area contributed by atoms with Gasteiger partial charge in [0.15, 0.2) is 0 Å². The third kappa shape index (κ3) is 4.55. The minimum Gasteiger partial charge on any atom is -0.396 e. The first-order valence-corrected chi connectivity index (χ1v) is 8.11. The fourth-order valence-electron chi connectivity index (χ4n) is 2.49. The first-order valence-electron chi connectivity index (χ1n) is 8.11. The molecular formula is C18H26N2O3. The van der Waals surface area contributed by atoms with Crippen LogP contribution < -0.4 is 10.2 Å². The highest BCUT2D eigenvalue weighted by Gasteiger charge is 2.33. The minimum absolute atomic E-state index is 0.0749. The zero-order valence-electron chi connectivity index (χ0n) is 14.1. The van der Waals surface area contributed by atoms with Crippen molar-refractivity contribution in [3.05, 3.63) is 29.8 Å². The molecule has 1 aromatic carbocycles. The maximum absolute atomic E-state index is 12.5. The summed E-state index contributed by atoms with van der Waals surface area (Å²) in [5.41, 5.74) is 0.973. The van der Waals surface area contributed by atoms with E-state index < -0.39 is 0 Å². The number of anilines is 1. The van der Waals surface area contributed by atoms with E-state index >= 15 is 0 Å². The summed E-state index contributed by atoms with van der Waals surface area (Å²) in [5.74, 6) is -0.00692. The van der Waals surface area contributed by atoms with Crippen LogP contribution in [0.1, 0.15) is 43.5 Å². The molecule has 5 heteroatoms. The quantitative estimate of drug-likeness (QED) is 0.810. The Morgan fingerprint density at radius 1 is 1.30 bits per heavy atom. The lowest BCUT2D eigenvalue weighted by Gasteiger charge is -2.25. The van der Waals surface area contributed by atoms with Crippen LogP contribution in [-0.2, 0) is 4.79 Å². The Bertz CT molecular complexity index is 579. The van der Waals surface area contributed by atoms with Gasteiger partial charge in [0, 0.05) is 26.1 Å². The van der Waals surface area contributed by atoms with E-state index in [1.165, 1.54) is 0 Å². The van der Waals surface area contributed by atoms with Crippen LogP contribution in [0.2, 0.25) is 0 Å². The number of amides is 2. The average molecular weight is 318 g/mol. The van der Waals surface area contributed by atoms with Crippen molar-refractivity contribution in [1.29, 1.82) is 0 Å². The van der Waals surface area contributed by atoms with Gasteiger partial charge in [-0.15, -0.1) is 0 Å². The molecule has 1 aliphatic carbocycles. The standard InChI is InChI=1S/C18H26N2O3/c1-18(2,10-11-21)12-19-16(22)14-6-4-5-7-15(14)20(3)17(23)13-8-9-13/h4-7,13,21H,8-12H2,1-3H3,(H,19,22). The molecule has 1 aliphatic rings. The molecular weight excluding hydrogens is 292 g/mol. The Hall–Kier alpha value is -1.88. The lowest BCUT2D eigenvalue weighted by Crippen LogP contribution is -2.36. The van der Waals surface area contributed by atoms with Crippen LogP contribution in [0, 0.1) is 11.3 Å². The van der Waals surface area contributed by atoms with Gasteiger partial charge in [0.2, 0.25) is 5.91 Å². The van der Waals surface area contributed by atoms with Gasteiger partial charge in [-0.3, -0.25) is 9.59 Å². The highest BCUT2D eigenvalue weighted by molar-refractivity contribution is 6.05. The highest BCUT2D eigenvalue weighted by Crippen LogP contribution is 2.33. The van der Waals surface area contributed by atoms with Gasteiger partial charge in [-0.25, -0.2) is 0 Å². The molecule has 1 aromatic rings. The molecule has 2 rings (SSSR count). The van der Waals surface area contributed by atoms with Gasteiger partial charge in [-0.2, -0.15) is 0 Å². The molecule has 0 heterocycles. The van der Waals surface area contributed by atoms with Crippen molar-refractivity contribution in [3.8, 4) is 0 Å². The number of carbonyl (C=O) groups excluding carboxylic acids is 2. The summed E-state index contributed by atoms with van der Waals surface area (Å²) in [7, 11) is 1.72. The second-order valence-corrected chi connectivity index (χ2v) is 7.01. The Kier molecular flexibility index (Phi) is 5.42. The van der Waals surface area contributed by atoms with Crippen LogP contribution in [0.25, 0.3) is 0 Å². The Balaban J connectivity index is 2.09. The molecule has 1 fully saturated rings. The molecule has 2 amide bonds.